The van der Waals surface area contributed by atoms with Crippen molar-refractivity contribution in [2.75, 3.05) is 11.1 Å². The molecule has 1 amide bonds. The standard InChI is InChI=1S/C26H34N4O2S/c1-17(2)15-30-25(20(6)32-22-13-11-21(12-14-22)18(3)4)28-29-26(30)33-16-24(31)27-23-10-8-7-9-19(23)5/h7-14,17-18,20H,15-16H2,1-6H3,(H,27,31). The number of benzene rings is 2. The molecule has 0 saturated carbocycles. The highest BCUT2D eigenvalue weighted by Gasteiger charge is 2.21. The van der Waals surface area contributed by atoms with Crippen LogP contribution in [-0.2, 0) is 11.3 Å². The maximum absolute atomic E-state index is 12.5. The highest BCUT2D eigenvalue weighted by Crippen LogP contribution is 2.27. The van der Waals surface area contributed by atoms with Crippen LogP contribution in [0.1, 0.15) is 63.6 Å². The number of ether oxygens (including phenoxy) is 1. The van der Waals surface area contributed by atoms with Crippen LogP contribution in [0.5, 0.6) is 5.75 Å². The lowest BCUT2D eigenvalue weighted by Gasteiger charge is -2.18. The van der Waals surface area contributed by atoms with Gasteiger partial charge in [-0.1, -0.05) is 69.8 Å². The molecule has 1 heterocycles. The quantitative estimate of drug-likeness (QED) is 0.358. The minimum atomic E-state index is -0.267. The Labute approximate surface area is 201 Å². The number of anilines is 1. The first kappa shape index (κ1) is 24.8. The third-order valence-electron chi connectivity index (χ3n) is 5.27. The van der Waals surface area contributed by atoms with Crippen molar-refractivity contribution in [2.45, 2.75) is 65.3 Å². The van der Waals surface area contributed by atoms with Crippen LogP contribution in [0.3, 0.4) is 0 Å². The zero-order valence-electron chi connectivity index (χ0n) is 20.3. The van der Waals surface area contributed by atoms with Gasteiger partial charge in [0.15, 0.2) is 17.1 Å². The second-order valence-electron chi connectivity index (χ2n) is 8.98. The molecule has 0 fully saturated rings. The van der Waals surface area contributed by atoms with Crippen LogP contribution in [0, 0.1) is 12.8 Å². The molecule has 0 saturated heterocycles. The third-order valence-corrected chi connectivity index (χ3v) is 6.23. The lowest BCUT2D eigenvalue weighted by molar-refractivity contribution is -0.113. The Bertz CT molecular complexity index is 1060. The Kier molecular flexibility index (Phi) is 8.55. The van der Waals surface area contributed by atoms with E-state index in [9.17, 15) is 4.79 Å². The van der Waals surface area contributed by atoms with E-state index in [1.54, 1.807) is 0 Å². The van der Waals surface area contributed by atoms with Gasteiger partial charge in [0.1, 0.15) is 5.75 Å². The lowest BCUT2D eigenvalue weighted by Crippen LogP contribution is -2.17. The molecule has 0 aliphatic heterocycles. The Morgan fingerprint density at radius 1 is 1.03 bits per heavy atom. The first-order chi connectivity index (χ1) is 15.7. The van der Waals surface area contributed by atoms with Crippen LogP contribution >= 0.6 is 11.8 Å². The average Bonchev–Trinajstić information content (AvgIpc) is 3.16. The number of rotatable bonds is 10. The van der Waals surface area contributed by atoms with Crippen LogP contribution < -0.4 is 10.1 Å². The van der Waals surface area contributed by atoms with Crippen LogP contribution in [0.15, 0.2) is 53.7 Å². The Hall–Kier alpha value is -2.80. The van der Waals surface area contributed by atoms with Gasteiger partial charge in [-0.05, 0) is 55.0 Å². The van der Waals surface area contributed by atoms with E-state index >= 15 is 0 Å². The van der Waals surface area contributed by atoms with E-state index in [0.29, 0.717) is 11.8 Å². The topological polar surface area (TPSA) is 69.0 Å². The average molecular weight is 467 g/mol. The van der Waals surface area contributed by atoms with E-state index in [4.69, 9.17) is 4.74 Å². The molecule has 3 aromatic rings. The molecule has 1 aromatic heterocycles. The number of para-hydroxylation sites is 1. The fourth-order valence-electron chi connectivity index (χ4n) is 3.46. The van der Waals surface area contributed by atoms with E-state index in [0.717, 1.165) is 34.5 Å². The number of aromatic nitrogens is 3. The second-order valence-corrected chi connectivity index (χ2v) is 9.92. The molecule has 0 aliphatic carbocycles. The van der Waals surface area contributed by atoms with E-state index < -0.39 is 0 Å². The predicted octanol–water partition coefficient (Wildman–Crippen LogP) is 6.24. The van der Waals surface area contributed by atoms with Crippen molar-refractivity contribution in [3.05, 3.63) is 65.5 Å². The number of hydrogen-bond acceptors (Lipinski definition) is 5. The molecule has 0 bridgehead atoms. The normalized spacial score (nSPS) is 12.2. The van der Waals surface area contributed by atoms with E-state index in [1.165, 1.54) is 17.3 Å². The highest BCUT2D eigenvalue weighted by atomic mass is 32.2. The van der Waals surface area contributed by atoms with Gasteiger partial charge in [0, 0.05) is 12.2 Å². The number of nitrogens with zero attached hydrogens (tertiary/aromatic N) is 3. The minimum Gasteiger partial charge on any atom is -0.483 e. The molecule has 0 aliphatic rings. The summed E-state index contributed by atoms with van der Waals surface area (Å²) in [4.78, 5) is 12.5. The number of nitrogens with one attached hydrogen (secondary N) is 1. The van der Waals surface area contributed by atoms with Gasteiger partial charge in [0.2, 0.25) is 5.91 Å². The third kappa shape index (κ3) is 6.84. The predicted molar refractivity (Wildman–Crippen MR) is 135 cm³/mol. The van der Waals surface area contributed by atoms with Gasteiger partial charge in [-0.25, -0.2) is 0 Å². The highest BCUT2D eigenvalue weighted by molar-refractivity contribution is 7.99. The molecule has 1 unspecified atom stereocenters. The SMILES string of the molecule is Cc1ccccc1NC(=O)CSc1nnc(C(C)Oc2ccc(C(C)C)cc2)n1CC(C)C. The summed E-state index contributed by atoms with van der Waals surface area (Å²) >= 11 is 1.39. The number of carbonyl (C=O) groups excluding carboxylic acids is 1. The fourth-order valence-corrected chi connectivity index (χ4v) is 4.22. The van der Waals surface area contributed by atoms with Gasteiger partial charge in [-0.15, -0.1) is 10.2 Å². The van der Waals surface area contributed by atoms with Gasteiger partial charge in [0.05, 0.1) is 5.75 Å². The molecule has 0 spiro atoms. The van der Waals surface area contributed by atoms with Crippen LogP contribution in [0.4, 0.5) is 5.69 Å². The van der Waals surface area contributed by atoms with E-state index in [-0.39, 0.29) is 17.8 Å². The Morgan fingerprint density at radius 3 is 2.36 bits per heavy atom. The summed E-state index contributed by atoms with van der Waals surface area (Å²) in [6.07, 6.45) is -0.267. The van der Waals surface area contributed by atoms with Gasteiger partial charge in [0.25, 0.3) is 0 Å². The first-order valence-electron chi connectivity index (χ1n) is 11.4. The minimum absolute atomic E-state index is 0.0653. The summed E-state index contributed by atoms with van der Waals surface area (Å²) in [5, 5.41) is 12.5. The van der Waals surface area contributed by atoms with Crippen molar-refractivity contribution >= 4 is 23.4 Å². The van der Waals surface area contributed by atoms with Gasteiger partial charge >= 0.3 is 0 Å². The molecule has 1 N–H and O–H groups in total. The first-order valence-corrected chi connectivity index (χ1v) is 12.4. The number of thioether (sulfide) groups is 1. The number of aryl methyl sites for hydroxylation is 1. The molecule has 7 heteroatoms. The molecule has 0 radical (unpaired) electrons. The Balaban J connectivity index is 1.69. The van der Waals surface area contributed by atoms with Crippen molar-refractivity contribution in [2.24, 2.45) is 5.92 Å². The van der Waals surface area contributed by atoms with Crippen molar-refractivity contribution in [1.29, 1.82) is 0 Å². The summed E-state index contributed by atoms with van der Waals surface area (Å²) in [6.45, 7) is 13.4. The fraction of sp³-hybridized carbons (Fsp3) is 0.423. The molecule has 176 valence electrons. The molecule has 2 aromatic carbocycles. The van der Waals surface area contributed by atoms with Crippen molar-refractivity contribution < 1.29 is 9.53 Å². The van der Waals surface area contributed by atoms with Crippen molar-refractivity contribution in [3.63, 3.8) is 0 Å². The second kappa shape index (κ2) is 11.4. The number of carbonyl (C=O) groups is 1. The zero-order valence-corrected chi connectivity index (χ0v) is 21.1. The molecule has 33 heavy (non-hydrogen) atoms. The maximum atomic E-state index is 12.5. The van der Waals surface area contributed by atoms with Crippen molar-refractivity contribution in [1.82, 2.24) is 14.8 Å². The summed E-state index contributed by atoms with van der Waals surface area (Å²) in [6, 6.07) is 16.0. The number of amides is 1. The molecular weight excluding hydrogens is 432 g/mol. The Morgan fingerprint density at radius 2 is 1.73 bits per heavy atom. The molecule has 3 rings (SSSR count). The van der Waals surface area contributed by atoms with Gasteiger partial charge in [-0.3, -0.25) is 4.79 Å². The largest absolute Gasteiger partial charge is 0.483 e. The van der Waals surface area contributed by atoms with Crippen molar-refractivity contribution in [3.8, 4) is 5.75 Å². The van der Waals surface area contributed by atoms with E-state index in [2.05, 4.69) is 59.9 Å². The van der Waals surface area contributed by atoms with Gasteiger partial charge in [-0.2, -0.15) is 0 Å². The number of hydrogen-bond donors (Lipinski definition) is 1. The lowest BCUT2D eigenvalue weighted by atomic mass is 10.0. The van der Waals surface area contributed by atoms with Crippen LogP contribution in [0.25, 0.3) is 0 Å². The van der Waals surface area contributed by atoms with Crippen LogP contribution in [-0.4, -0.2) is 26.4 Å². The zero-order chi connectivity index (χ0) is 24.0. The van der Waals surface area contributed by atoms with Crippen LogP contribution in [0.2, 0.25) is 0 Å². The summed E-state index contributed by atoms with van der Waals surface area (Å²) in [5.41, 5.74) is 3.15. The maximum Gasteiger partial charge on any atom is 0.234 e. The summed E-state index contributed by atoms with van der Waals surface area (Å²) in [7, 11) is 0. The summed E-state index contributed by atoms with van der Waals surface area (Å²) < 4.78 is 8.25. The molecule has 1 atom stereocenters. The molecule has 6 nitrogen and oxygen atoms in total. The smallest absolute Gasteiger partial charge is 0.234 e. The molecular formula is C26H34N4O2S. The van der Waals surface area contributed by atoms with Gasteiger partial charge < -0.3 is 14.6 Å². The monoisotopic (exact) mass is 466 g/mol. The van der Waals surface area contributed by atoms with E-state index in [1.807, 2.05) is 50.2 Å². The summed E-state index contributed by atoms with van der Waals surface area (Å²) in [5.74, 6) is 2.64.